The molecule has 1 atom stereocenters. The van der Waals surface area contributed by atoms with Gasteiger partial charge in [0, 0.05) is 13.1 Å². The minimum absolute atomic E-state index is 0.270. The predicted molar refractivity (Wildman–Crippen MR) is 92.4 cm³/mol. The summed E-state index contributed by atoms with van der Waals surface area (Å²) in [5.41, 5.74) is -0.690. The zero-order valence-electron chi connectivity index (χ0n) is 15.0. The molecule has 3 heterocycles. The van der Waals surface area contributed by atoms with Crippen molar-refractivity contribution in [1.82, 2.24) is 15.1 Å². The first kappa shape index (κ1) is 17.6. The Balaban J connectivity index is 1.53. The van der Waals surface area contributed by atoms with Crippen molar-refractivity contribution in [2.45, 2.75) is 12.5 Å². The molecule has 0 unspecified atom stereocenters. The molecule has 0 aromatic heterocycles. The SMILES string of the molecule is C[C@@]1(c2ccc3c(c2)OCCO3)NC(=O)N(CC(=O)N2CCOCC2)C1=O. The van der Waals surface area contributed by atoms with Gasteiger partial charge in [-0.2, -0.15) is 0 Å². The lowest BCUT2D eigenvalue weighted by Crippen LogP contribution is -2.47. The molecule has 9 nitrogen and oxygen atoms in total. The molecule has 144 valence electrons. The number of benzene rings is 1. The van der Waals surface area contributed by atoms with Crippen LogP contribution in [-0.4, -0.2) is 73.7 Å². The molecule has 9 heteroatoms. The summed E-state index contributed by atoms with van der Waals surface area (Å²) in [7, 11) is 0. The van der Waals surface area contributed by atoms with Crippen molar-refractivity contribution in [3.8, 4) is 11.5 Å². The highest BCUT2D eigenvalue weighted by atomic mass is 16.6. The number of carbonyl (C=O) groups is 3. The van der Waals surface area contributed by atoms with E-state index in [4.69, 9.17) is 14.2 Å². The maximum Gasteiger partial charge on any atom is 0.325 e. The van der Waals surface area contributed by atoms with Crippen LogP contribution in [0.3, 0.4) is 0 Å². The maximum absolute atomic E-state index is 13.0. The van der Waals surface area contributed by atoms with Gasteiger partial charge >= 0.3 is 6.03 Å². The summed E-state index contributed by atoms with van der Waals surface area (Å²) in [6.45, 7) is 4.07. The van der Waals surface area contributed by atoms with Gasteiger partial charge in [-0.1, -0.05) is 6.07 Å². The molecular formula is C18H21N3O6. The second-order valence-corrected chi connectivity index (χ2v) is 6.80. The molecule has 4 amide bonds. The predicted octanol–water partition coefficient (Wildman–Crippen LogP) is 0.0836. The minimum atomic E-state index is -1.27. The molecule has 0 saturated carbocycles. The van der Waals surface area contributed by atoms with Gasteiger partial charge in [0.2, 0.25) is 5.91 Å². The highest BCUT2D eigenvalue weighted by molar-refractivity contribution is 6.09. The quantitative estimate of drug-likeness (QED) is 0.752. The Morgan fingerprint density at radius 2 is 1.81 bits per heavy atom. The molecule has 0 aliphatic carbocycles. The number of urea groups is 1. The van der Waals surface area contributed by atoms with Crippen LogP contribution >= 0.6 is 0 Å². The van der Waals surface area contributed by atoms with Crippen LogP contribution in [0.2, 0.25) is 0 Å². The zero-order chi connectivity index (χ0) is 19.0. The number of ether oxygens (including phenoxy) is 3. The van der Waals surface area contributed by atoms with Crippen LogP contribution in [0.25, 0.3) is 0 Å². The van der Waals surface area contributed by atoms with Crippen molar-refractivity contribution < 1.29 is 28.6 Å². The smallest absolute Gasteiger partial charge is 0.325 e. The molecule has 0 radical (unpaired) electrons. The molecule has 0 bridgehead atoms. The van der Waals surface area contributed by atoms with Gasteiger partial charge in [0.25, 0.3) is 5.91 Å². The Labute approximate surface area is 156 Å². The number of nitrogens with one attached hydrogen (secondary N) is 1. The number of fused-ring (bicyclic) bond motifs is 1. The van der Waals surface area contributed by atoms with Gasteiger partial charge in [-0.3, -0.25) is 14.5 Å². The monoisotopic (exact) mass is 375 g/mol. The minimum Gasteiger partial charge on any atom is -0.486 e. The first-order valence-electron chi connectivity index (χ1n) is 8.89. The summed E-state index contributed by atoms with van der Waals surface area (Å²) < 4.78 is 16.3. The number of hydrogen-bond donors (Lipinski definition) is 1. The lowest BCUT2D eigenvalue weighted by atomic mass is 9.91. The fraction of sp³-hybridized carbons (Fsp3) is 0.500. The third-order valence-corrected chi connectivity index (χ3v) is 5.05. The van der Waals surface area contributed by atoms with E-state index >= 15 is 0 Å². The number of rotatable bonds is 3. The maximum atomic E-state index is 13.0. The number of hydrogen-bond acceptors (Lipinski definition) is 6. The van der Waals surface area contributed by atoms with Gasteiger partial charge in [0.1, 0.15) is 25.3 Å². The van der Waals surface area contributed by atoms with E-state index in [1.54, 1.807) is 30.0 Å². The first-order chi connectivity index (χ1) is 13.0. The van der Waals surface area contributed by atoms with Crippen LogP contribution in [-0.2, 0) is 19.9 Å². The summed E-state index contributed by atoms with van der Waals surface area (Å²) in [4.78, 5) is 40.4. The summed E-state index contributed by atoms with van der Waals surface area (Å²) >= 11 is 0. The number of morpholine rings is 1. The standard InChI is InChI=1S/C18H21N3O6/c1-18(12-2-3-13-14(10-12)27-9-8-26-13)16(23)21(17(24)19-18)11-15(22)20-4-6-25-7-5-20/h2-3,10H,4-9,11H2,1H3,(H,19,24)/t18-/m0/s1. The molecule has 3 aliphatic rings. The van der Waals surface area contributed by atoms with Gasteiger partial charge in [-0.15, -0.1) is 0 Å². The van der Waals surface area contributed by atoms with E-state index in [1.807, 2.05) is 0 Å². The fourth-order valence-electron chi connectivity index (χ4n) is 3.44. The van der Waals surface area contributed by atoms with Crippen molar-refractivity contribution in [2.24, 2.45) is 0 Å². The lowest BCUT2D eigenvalue weighted by molar-refractivity contribution is -0.141. The van der Waals surface area contributed by atoms with Crippen molar-refractivity contribution in [3.05, 3.63) is 23.8 Å². The van der Waals surface area contributed by atoms with Crippen LogP contribution in [0.5, 0.6) is 11.5 Å². The molecule has 1 aromatic carbocycles. The highest BCUT2D eigenvalue weighted by Crippen LogP contribution is 2.36. The van der Waals surface area contributed by atoms with Crippen molar-refractivity contribution in [2.75, 3.05) is 46.1 Å². The van der Waals surface area contributed by atoms with E-state index in [1.165, 1.54) is 0 Å². The number of nitrogens with zero attached hydrogens (tertiary/aromatic N) is 2. The Kier molecular flexibility index (Phi) is 4.39. The van der Waals surface area contributed by atoms with Crippen molar-refractivity contribution in [3.63, 3.8) is 0 Å². The summed E-state index contributed by atoms with van der Waals surface area (Å²) in [5.74, 6) is 0.397. The largest absolute Gasteiger partial charge is 0.486 e. The van der Waals surface area contributed by atoms with E-state index in [2.05, 4.69) is 5.32 Å². The van der Waals surface area contributed by atoms with Gasteiger partial charge in [0.15, 0.2) is 11.5 Å². The Hall–Kier alpha value is -2.81. The Morgan fingerprint density at radius 3 is 2.56 bits per heavy atom. The molecule has 4 rings (SSSR count). The van der Waals surface area contributed by atoms with Crippen LogP contribution in [0.4, 0.5) is 4.79 Å². The molecule has 1 aromatic rings. The van der Waals surface area contributed by atoms with Crippen molar-refractivity contribution in [1.29, 1.82) is 0 Å². The zero-order valence-corrected chi connectivity index (χ0v) is 15.0. The van der Waals surface area contributed by atoms with E-state index in [-0.39, 0.29) is 12.5 Å². The average Bonchev–Trinajstić information content (AvgIpc) is 2.92. The average molecular weight is 375 g/mol. The third-order valence-electron chi connectivity index (χ3n) is 5.05. The van der Waals surface area contributed by atoms with Crippen LogP contribution in [0, 0.1) is 0 Å². The number of amides is 4. The Bertz CT molecular complexity index is 791. The summed E-state index contributed by atoms with van der Waals surface area (Å²) in [5, 5.41) is 2.71. The Morgan fingerprint density at radius 1 is 1.11 bits per heavy atom. The topological polar surface area (TPSA) is 97.4 Å². The van der Waals surface area contributed by atoms with Crippen LogP contribution in [0.15, 0.2) is 18.2 Å². The fourth-order valence-corrected chi connectivity index (χ4v) is 3.44. The molecule has 2 fully saturated rings. The summed E-state index contributed by atoms with van der Waals surface area (Å²) in [6.07, 6.45) is 0. The van der Waals surface area contributed by atoms with E-state index in [9.17, 15) is 14.4 Å². The van der Waals surface area contributed by atoms with Gasteiger partial charge in [0.05, 0.1) is 13.2 Å². The van der Waals surface area contributed by atoms with Gasteiger partial charge < -0.3 is 24.4 Å². The molecule has 0 spiro atoms. The molecule has 2 saturated heterocycles. The van der Waals surface area contributed by atoms with Crippen LogP contribution < -0.4 is 14.8 Å². The second-order valence-electron chi connectivity index (χ2n) is 6.80. The summed E-state index contributed by atoms with van der Waals surface area (Å²) in [6, 6.07) is 4.55. The molecule has 3 aliphatic heterocycles. The van der Waals surface area contributed by atoms with E-state index in [0.717, 1.165) is 4.90 Å². The lowest BCUT2D eigenvalue weighted by Gasteiger charge is -2.28. The van der Waals surface area contributed by atoms with Gasteiger partial charge in [-0.05, 0) is 24.6 Å². The van der Waals surface area contributed by atoms with E-state index < -0.39 is 17.5 Å². The first-order valence-corrected chi connectivity index (χ1v) is 8.89. The molecule has 27 heavy (non-hydrogen) atoms. The number of carbonyl (C=O) groups excluding carboxylic acids is 3. The molecular weight excluding hydrogens is 354 g/mol. The highest BCUT2D eigenvalue weighted by Gasteiger charge is 2.50. The van der Waals surface area contributed by atoms with Gasteiger partial charge in [-0.25, -0.2) is 4.79 Å². The van der Waals surface area contributed by atoms with E-state index in [0.29, 0.717) is 56.6 Å². The third kappa shape index (κ3) is 3.08. The molecule has 1 N–H and O–H groups in total. The normalized spacial score (nSPS) is 24.8. The second kappa shape index (κ2) is 6.73. The van der Waals surface area contributed by atoms with Crippen LogP contribution in [0.1, 0.15) is 12.5 Å². The van der Waals surface area contributed by atoms with Crippen molar-refractivity contribution >= 4 is 17.8 Å². The number of imide groups is 1.